The van der Waals surface area contributed by atoms with Crippen molar-refractivity contribution >= 4 is 10.2 Å². The van der Waals surface area contributed by atoms with Gasteiger partial charge in [-0.15, -0.1) is 0 Å². The number of nitrogens with zero attached hydrogens (tertiary/aromatic N) is 2. The van der Waals surface area contributed by atoms with Crippen LogP contribution in [0.1, 0.15) is 11.1 Å². The minimum Gasteiger partial charge on any atom is -0.296 e. The van der Waals surface area contributed by atoms with Gasteiger partial charge in [0.25, 0.3) is 10.2 Å². The van der Waals surface area contributed by atoms with Gasteiger partial charge in [0.2, 0.25) is 0 Å². The lowest BCUT2D eigenvalue weighted by atomic mass is 10.1. The SMILES string of the molecule is Cc1ccc(F)cc1CN1CCN(S(N)(=O)=O)CC1. The molecule has 1 heterocycles. The highest BCUT2D eigenvalue weighted by Crippen LogP contribution is 2.14. The third-order valence-corrected chi connectivity index (χ3v) is 4.48. The summed E-state index contributed by atoms with van der Waals surface area (Å²) in [4.78, 5) is 2.10. The number of hydrogen-bond acceptors (Lipinski definition) is 3. The van der Waals surface area contributed by atoms with Crippen molar-refractivity contribution in [2.75, 3.05) is 26.2 Å². The highest BCUT2D eigenvalue weighted by molar-refractivity contribution is 7.86. The Labute approximate surface area is 113 Å². The van der Waals surface area contributed by atoms with Crippen LogP contribution >= 0.6 is 0 Å². The number of halogens is 1. The first kappa shape index (κ1) is 14.4. The largest absolute Gasteiger partial charge is 0.296 e. The zero-order valence-electron chi connectivity index (χ0n) is 10.8. The van der Waals surface area contributed by atoms with E-state index in [9.17, 15) is 12.8 Å². The first-order valence-corrected chi connectivity index (χ1v) is 7.62. The lowest BCUT2D eigenvalue weighted by Crippen LogP contribution is -2.50. The van der Waals surface area contributed by atoms with Crippen molar-refractivity contribution in [3.8, 4) is 0 Å². The molecule has 1 saturated heterocycles. The summed E-state index contributed by atoms with van der Waals surface area (Å²) in [6.45, 7) is 4.54. The number of piperazine rings is 1. The van der Waals surface area contributed by atoms with Gasteiger partial charge in [0.1, 0.15) is 5.82 Å². The Balaban J connectivity index is 1.98. The summed E-state index contributed by atoms with van der Waals surface area (Å²) in [5.74, 6) is -0.247. The third-order valence-electron chi connectivity index (χ3n) is 3.40. The number of benzene rings is 1. The molecule has 0 bridgehead atoms. The van der Waals surface area contributed by atoms with E-state index in [-0.39, 0.29) is 5.82 Å². The maximum absolute atomic E-state index is 13.2. The normalized spacial score (nSPS) is 18.7. The van der Waals surface area contributed by atoms with Crippen molar-refractivity contribution in [1.82, 2.24) is 9.21 Å². The van der Waals surface area contributed by atoms with E-state index in [0.29, 0.717) is 32.7 Å². The maximum Gasteiger partial charge on any atom is 0.276 e. The van der Waals surface area contributed by atoms with Gasteiger partial charge < -0.3 is 0 Å². The van der Waals surface area contributed by atoms with Gasteiger partial charge in [-0.1, -0.05) is 6.07 Å². The molecule has 0 aliphatic carbocycles. The molecule has 1 aliphatic heterocycles. The first-order chi connectivity index (χ1) is 8.86. The zero-order chi connectivity index (χ0) is 14.0. The molecule has 2 N–H and O–H groups in total. The molecule has 0 radical (unpaired) electrons. The van der Waals surface area contributed by atoms with E-state index < -0.39 is 10.2 Å². The molecule has 1 aromatic carbocycles. The molecular weight excluding hydrogens is 269 g/mol. The Kier molecular flexibility index (Phi) is 4.19. The molecule has 0 atom stereocenters. The fourth-order valence-corrected chi connectivity index (χ4v) is 2.87. The summed E-state index contributed by atoms with van der Waals surface area (Å²) in [5, 5.41) is 5.08. The lowest BCUT2D eigenvalue weighted by Gasteiger charge is -2.33. The van der Waals surface area contributed by atoms with Crippen molar-refractivity contribution in [2.24, 2.45) is 5.14 Å². The van der Waals surface area contributed by atoms with Crippen LogP contribution < -0.4 is 5.14 Å². The number of hydrogen-bond donors (Lipinski definition) is 1. The minimum atomic E-state index is -3.59. The first-order valence-electron chi connectivity index (χ1n) is 6.11. The van der Waals surface area contributed by atoms with Crippen LogP contribution in [0.3, 0.4) is 0 Å². The Bertz CT molecular complexity index is 554. The molecular formula is C12H18FN3O2S. The van der Waals surface area contributed by atoms with E-state index in [1.807, 2.05) is 6.92 Å². The van der Waals surface area contributed by atoms with Gasteiger partial charge in [0, 0.05) is 32.7 Å². The van der Waals surface area contributed by atoms with Gasteiger partial charge in [0.15, 0.2) is 0 Å². The quantitative estimate of drug-likeness (QED) is 0.878. The van der Waals surface area contributed by atoms with Gasteiger partial charge in [-0.05, 0) is 30.2 Å². The standard InChI is InChI=1S/C12H18FN3O2S/c1-10-2-3-12(13)8-11(10)9-15-4-6-16(7-5-15)19(14,17)18/h2-3,8H,4-7,9H2,1H3,(H2,14,17,18). The van der Waals surface area contributed by atoms with Crippen LogP contribution in [0.15, 0.2) is 18.2 Å². The summed E-state index contributed by atoms with van der Waals surface area (Å²) in [6, 6.07) is 4.73. The van der Waals surface area contributed by atoms with E-state index in [1.54, 1.807) is 6.07 Å². The van der Waals surface area contributed by atoms with E-state index in [1.165, 1.54) is 16.4 Å². The molecule has 1 aromatic rings. The highest BCUT2D eigenvalue weighted by atomic mass is 32.2. The van der Waals surface area contributed by atoms with Gasteiger partial charge >= 0.3 is 0 Å². The van der Waals surface area contributed by atoms with Gasteiger partial charge in [-0.25, -0.2) is 9.53 Å². The Hall–Kier alpha value is -1.02. The van der Waals surface area contributed by atoms with Crippen LogP contribution in [-0.2, 0) is 16.8 Å². The fourth-order valence-electron chi connectivity index (χ4n) is 2.19. The molecule has 0 saturated carbocycles. The summed E-state index contributed by atoms with van der Waals surface area (Å²) >= 11 is 0. The maximum atomic E-state index is 13.2. The average Bonchev–Trinajstić information content (AvgIpc) is 2.33. The molecule has 2 rings (SSSR count). The highest BCUT2D eigenvalue weighted by Gasteiger charge is 2.23. The van der Waals surface area contributed by atoms with Crippen LogP contribution in [0.5, 0.6) is 0 Å². The van der Waals surface area contributed by atoms with E-state index >= 15 is 0 Å². The van der Waals surface area contributed by atoms with Gasteiger partial charge in [0.05, 0.1) is 0 Å². The van der Waals surface area contributed by atoms with Crippen LogP contribution in [0.2, 0.25) is 0 Å². The second-order valence-corrected chi connectivity index (χ2v) is 6.34. The van der Waals surface area contributed by atoms with E-state index in [0.717, 1.165) is 11.1 Å². The van der Waals surface area contributed by atoms with Crippen molar-refractivity contribution in [3.05, 3.63) is 35.1 Å². The van der Waals surface area contributed by atoms with Crippen LogP contribution in [0, 0.1) is 12.7 Å². The molecule has 0 unspecified atom stereocenters. The third kappa shape index (κ3) is 3.73. The smallest absolute Gasteiger partial charge is 0.276 e. The van der Waals surface area contributed by atoms with Crippen molar-refractivity contribution in [2.45, 2.75) is 13.5 Å². The zero-order valence-corrected chi connectivity index (χ0v) is 11.7. The van der Waals surface area contributed by atoms with Gasteiger partial charge in [-0.2, -0.15) is 12.7 Å². The average molecular weight is 287 g/mol. The van der Waals surface area contributed by atoms with Crippen molar-refractivity contribution in [1.29, 1.82) is 0 Å². The van der Waals surface area contributed by atoms with Crippen LogP contribution in [-0.4, -0.2) is 43.8 Å². The molecule has 1 aliphatic rings. The second kappa shape index (κ2) is 5.54. The van der Waals surface area contributed by atoms with Gasteiger partial charge in [-0.3, -0.25) is 4.90 Å². The van der Waals surface area contributed by atoms with E-state index in [4.69, 9.17) is 5.14 Å². The molecule has 0 amide bonds. The van der Waals surface area contributed by atoms with Crippen molar-refractivity contribution < 1.29 is 12.8 Å². The summed E-state index contributed by atoms with van der Waals surface area (Å²) in [7, 11) is -3.59. The Morgan fingerprint density at radius 2 is 1.89 bits per heavy atom. The lowest BCUT2D eigenvalue weighted by molar-refractivity contribution is 0.181. The number of aryl methyl sites for hydroxylation is 1. The number of nitrogens with two attached hydrogens (primary N) is 1. The molecule has 1 fully saturated rings. The Morgan fingerprint density at radius 1 is 1.26 bits per heavy atom. The predicted octanol–water partition coefficient (Wildman–Crippen LogP) is 0.455. The molecule has 5 nitrogen and oxygen atoms in total. The summed E-state index contributed by atoms with van der Waals surface area (Å²) in [6.07, 6.45) is 0. The van der Waals surface area contributed by atoms with Crippen molar-refractivity contribution in [3.63, 3.8) is 0 Å². The molecule has 7 heteroatoms. The predicted molar refractivity (Wildman–Crippen MR) is 71.1 cm³/mol. The second-order valence-electron chi connectivity index (χ2n) is 4.79. The topological polar surface area (TPSA) is 66.6 Å². The number of rotatable bonds is 3. The molecule has 0 aromatic heterocycles. The molecule has 106 valence electrons. The monoisotopic (exact) mass is 287 g/mol. The van der Waals surface area contributed by atoms with Crippen LogP contribution in [0.4, 0.5) is 4.39 Å². The van der Waals surface area contributed by atoms with E-state index in [2.05, 4.69) is 4.90 Å². The minimum absolute atomic E-state index is 0.247. The molecule has 0 spiro atoms. The Morgan fingerprint density at radius 3 is 2.47 bits per heavy atom. The van der Waals surface area contributed by atoms with Crippen LogP contribution in [0.25, 0.3) is 0 Å². The molecule has 19 heavy (non-hydrogen) atoms. The summed E-state index contributed by atoms with van der Waals surface area (Å²) < 4.78 is 36.8. The summed E-state index contributed by atoms with van der Waals surface area (Å²) in [5.41, 5.74) is 1.97. The fraction of sp³-hybridized carbons (Fsp3) is 0.500.